The Labute approximate surface area is 116 Å². The van der Waals surface area contributed by atoms with E-state index in [1.807, 2.05) is 0 Å². The third-order valence-electron chi connectivity index (χ3n) is 4.57. The Balaban J connectivity index is 1.69. The molecule has 2 unspecified atom stereocenters. The Morgan fingerprint density at radius 3 is 2.89 bits per heavy atom. The number of anilines is 2. The van der Waals surface area contributed by atoms with Crippen LogP contribution in [0.15, 0.2) is 24.3 Å². The molecule has 0 aliphatic carbocycles. The van der Waals surface area contributed by atoms with Crippen LogP contribution in [0, 0.1) is 0 Å². The topological polar surface area (TPSA) is 18.5 Å². The van der Waals surface area contributed by atoms with Gasteiger partial charge in [0.05, 0.1) is 0 Å². The Kier molecular flexibility index (Phi) is 3.65. The van der Waals surface area contributed by atoms with Crippen LogP contribution in [0.2, 0.25) is 0 Å². The molecule has 2 aliphatic rings. The Morgan fingerprint density at radius 1 is 1.16 bits per heavy atom. The van der Waals surface area contributed by atoms with Crippen molar-refractivity contribution >= 4 is 11.4 Å². The smallest absolute Gasteiger partial charge is 0.0429 e. The van der Waals surface area contributed by atoms with Gasteiger partial charge in [-0.1, -0.05) is 12.5 Å². The van der Waals surface area contributed by atoms with Gasteiger partial charge in [-0.25, -0.2) is 0 Å². The fourth-order valence-corrected chi connectivity index (χ4v) is 3.50. The fourth-order valence-electron chi connectivity index (χ4n) is 3.50. The van der Waals surface area contributed by atoms with Crippen LogP contribution in [0.25, 0.3) is 0 Å². The summed E-state index contributed by atoms with van der Waals surface area (Å²) in [5, 5.41) is 3.77. The van der Waals surface area contributed by atoms with Crippen molar-refractivity contribution in [2.75, 3.05) is 37.4 Å². The molecule has 0 amide bonds. The van der Waals surface area contributed by atoms with Crippen LogP contribution in [0.3, 0.4) is 0 Å². The zero-order chi connectivity index (χ0) is 13.2. The third kappa shape index (κ3) is 2.71. The van der Waals surface area contributed by atoms with Gasteiger partial charge in [0.15, 0.2) is 0 Å². The predicted octanol–water partition coefficient (Wildman–Crippen LogP) is 2.79. The van der Waals surface area contributed by atoms with Crippen LogP contribution in [-0.4, -0.2) is 44.2 Å². The fraction of sp³-hybridized carbons (Fsp3) is 0.625. The van der Waals surface area contributed by atoms with Gasteiger partial charge in [0, 0.05) is 44.1 Å². The minimum absolute atomic E-state index is 0.637. The van der Waals surface area contributed by atoms with E-state index in [1.165, 1.54) is 50.1 Å². The molecule has 2 heterocycles. The van der Waals surface area contributed by atoms with E-state index in [9.17, 15) is 0 Å². The van der Waals surface area contributed by atoms with Gasteiger partial charge < -0.3 is 10.2 Å². The first-order valence-electron chi connectivity index (χ1n) is 7.52. The number of benzene rings is 1. The van der Waals surface area contributed by atoms with Gasteiger partial charge in [0.2, 0.25) is 0 Å². The largest absolute Gasteiger partial charge is 0.381 e. The predicted molar refractivity (Wildman–Crippen MR) is 82.0 cm³/mol. The summed E-state index contributed by atoms with van der Waals surface area (Å²) in [5.74, 6) is 0. The lowest BCUT2D eigenvalue weighted by Crippen LogP contribution is -2.41. The Hall–Kier alpha value is -1.22. The van der Waals surface area contributed by atoms with Crippen molar-refractivity contribution in [2.45, 2.75) is 37.8 Å². The summed E-state index contributed by atoms with van der Waals surface area (Å²) in [7, 11) is 4.19. The number of piperidine rings is 1. The van der Waals surface area contributed by atoms with Crippen molar-refractivity contribution in [3.05, 3.63) is 24.3 Å². The van der Waals surface area contributed by atoms with Gasteiger partial charge >= 0.3 is 0 Å². The number of rotatable bonds is 3. The van der Waals surface area contributed by atoms with E-state index < -0.39 is 0 Å². The first kappa shape index (κ1) is 12.8. The van der Waals surface area contributed by atoms with Crippen LogP contribution >= 0.6 is 0 Å². The molecule has 3 rings (SSSR count). The van der Waals surface area contributed by atoms with Crippen molar-refractivity contribution in [3.63, 3.8) is 0 Å². The first-order chi connectivity index (χ1) is 9.24. The lowest BCUT2D eigenvalue weighted by molar-refractivity contribution is 0.193. The van der Waals surface area contributed by atoms with Gasteiger partial charge in [0.1, 0.15) is 0 Å². The van der Waals surface area contributed by atoms with Crippen LogP contribution in [0.1, 0.15) is 25.7 Å². The van der Waals surface area contributed by atoms with E-state index in [0.29, 0.717) is 6.04 Å². The van der Waals surface area contributed by atoms with Crippen LogP contribution in [0.5, 0.6) is 0 Å². The molecule has 3 heteroatoms. The Morgan fingerprint density at radius 2 is 2.05 bits per heavy atom. The molecular weight excluding hydrogens is 234 g/mol. The van der Waals surface area contributed by atoms with Crippen molar-refractivity contribution in [1.82, 2.24) is 4.90 Å². The minimum Gasteiger partial charge on any atom is -0.381 e. The summed E-state index contributed by atoms with van der Waals surface area (Å²) in [6, 6.07) is 10.1. The van der Waals surface area contributed by atoms with Crippen molar-refractivity contribution in [1.29, 1.82) is 0 Å². The highest BCUT2D eigenvalue weighted by molar-refractivity contribution is 5.58. The maximum absolute atomic E-state index is 3.77. The highest BCUT2D eigenvalue weighted by Gasteiger charge is 2.35. The van der Waals surface area contributed by atoms with E-state index >= 15 is 0 Å². The molecule has 2 aliphatic heterocycles. The molecule has 0 aromatic heterocycles. The van der Waals surface area contributed by atoms with Crippen molar-refractivity contribution in [2.24, 2.45) is 0 Å². The van der Waals surface area contributed by atoms with E-state index in [2.05, 4.69) is 53.5 Å². The summed E-state index contributed by atoms with van der Waals surface area (Å²) in [6.07, 6.45) is 5.44. The second-order valence-corrected chi connectivity index (χ2v) is 6.08. The summed E-state index contributed by atoms with van der Waals surface area (Å²) < 4.78 is 0. The summed E-state index contributed by atoms with van der Waals surface area (Å²) >= 11 is 0. The standard InChI is InChI=1S/C16H25N3/c1-18(2)14-7-5-6-13(12-14)17-15-9-11-19-10-4-3-8-16(15)19/h5-7,12,15-17H,3-4,8-11H2,1-2H3. The summed E-state index contributed by atoms with van der Waals surface area (Å²) in [4.78, 5) is 4.84. The normalized spacial score (nSPS) is 27.1. The number of nitrogens with one attached hydrogen (secondary N) is 1. The van der Waals surface area contributed by atoms with E-state index in [1.54, 1.807) is 0 Å². The molecule has 0 radical (unpaired) electrons. The average Bonchev–Trinajstić information content (AvgIpc) is 2.83. The zero-order valence-electron chi connectivity index (χ0n) is 12.1. The monoisotopic (exact) mass is 259 g/mol. The van der Waals surface area contributed by atoms with Crippen molar-refractivity contribution < 1.29 is 0 Å². The maximum atomic E-state index is 3.77. The number of nitrogens with zero attached hydrogens (tertiary/aromatic N) is 2. The average molecular weight is 259 g/mol. The molecule has 1 aromatic rings. The molecule has 2 fully saturated rings. The molecule has 2 saturated heterocycles. The molecule has 3 nitrogen and oxygen atoms in total. The molecule has 1 aromatic carbocycles. The maximum Gasteiger partial charge on any atom is 0.0429 e. The van der Waals surface area contributed by atoms with Crippen LogP contribution < -0.4 is 10.2 Å². The lowest BCUT2D eigenvalue weighted by Gasteiger charge is -2.33. The Bertz CT molecular complexity index is 430. The SMILES string of the molecule is CN(C)c1cccc(NC2CCN3CCCCC23)c1. The van der Waals surface area contributed by atoms with Crippen molar-refractivity contribution in [3.8, 4) is 0 Å². The van der Waals surface area contributed by atoms with Gasteiger partial charge in [-0.3, -0.25) is 4.90 Å². The lowest BCUT2D eigenvalue weighted by atomic mass is 9.99. The second-order valence-electron chi connectivity index (χ2n) is 6.08. The van der Waals surface area contributed by atoms with Gasteiger partial charge in [0.25, 0.3) is 0 Å². The highest BCUT2D eigenvalue weighted by Crippen LogP contribution is 2.30. The zero-order valence-corrected chi connectivity index (χ0v) is 12.1. The van der Waals surface area contributed by atoms with Gasteiger partial charge in [-0.15, -0.1) is 0 Å². The number of fused-ring (bicyclic) bond motifs is 1. The quantitative estimate of drug-likeness (QED) is 0.900. The molecular formula is C16H25N3. The first-order valence-corrected chi connectivity index (χ1v) is 7.52. The van der Waals surface area contributed by atoms with E-state index in [4.69, 9.17) is 0 Å². The van der Waals surface area contributed by atoms with Crippen LogP contribution in [-0.2, 0) is 0 Å². The molecule has 0 spiro atoms. The molecule has 2 atom stereocenters. The molecule has 1 N–H and O–H groups in total. The summed E-state index contributed by atoms with van der Waals surface area (Å²) in [5.41, 5.74) is 2.53. The van der Waals surface area contributed by atoms with E-state index in [0.717, 1.165) is 6.04 Å². The van der Waals surface area contributed by atoms with E-state index in [-0.39, 0.29) is 0 Å². The molecule has 0 bridgehead atoms. The van der Waals surface area contributed by atoms with Gasteiger partial charge in [-0.2, -0.15) is 0 Å². The third-order valence-corrected chi connectivity index (χ3v) is 4.57. The second kappa shape index (κ2) is 5.41. The minimum atomic E-state index is 0.637. The van der Waals surface area contributed by atoms with Crippen LogP contribution in [0.4, 0.5) is 11.4 Å². The number of hydrogen-bond acceptors (Lipinski definition) is 3. The summed E-state index contributed by atoms with van der Waals surface area (Å²) in [6.45, 7) is 2.58. The number of hydrogen-bond donors (Lipinski definition) is 1. The van der Waals surface area contributed by atoms with Gasteiger partial charge in [-0.05, 0) is 44.0 Å². The highest BCUT2D eigenvalue weighted by atomic mass is 15.2. The molecule has 19 heavy (non-hydrogen) atoms. The molecule has 104 valence electrons. The molecule has 0 saturated carbocycles.